The van der Waals surface area contributed by atoms with Crippen molar-refractivity contribution >= 4 is 38.5 Å². The predicted molar refractivity (Wildman–Crippen MR) is 53.4 cm³/mol. The van der Waals surface area contributed by atoms with E-state index < -0.39 is 0 Å². The zero-order valence-corrected chi connectivity index (χ0v) is 9.17. The summed E-state index contributed by atoms with van der Waals surface area (Å²) in [5.74, 6) is 0. The standard InChI is InChI=1S/C6H8BrIN2/c7-2-1-3-10-5-6(8)4-9-10/h4-5H,1-3H2. The molecular weight excluding hydrogens is 307 g/mol. The van der Waals surface area contributed by atoms with Gasteiger partial charge < -0.3 is 0 Å². The summed E-state index contributed by atoms with van der Waals surface area (Å²) in [6, 6.07) is 0. The minimum Gasteiger partial charge on any atom is -0.272 e. The van der Waals surface area contributed by atoms with Gasteiger partial charge in [-0.25, -0.2) is 0 Å². The third kappa shape index (κ3) is 2.57. The highest BCUT2D eigenvalue weighted by atomic mass is 127. The minimum absolute atomic E-state index is 1.01. The molecule has 0 unspecified atom stereocenters. The highest BCUT2D eigenvalue weighted by Crippen LogP contribution is 2.01. The number of hydrogen-bond donors (Lipinski definition) is 0. The fraction of sp³-hybridized carbons (Fsp3) is 0.500. The van der Waals surface area contributed by atoms with E-state index in [1.807, 2.05) is 17.1 Å². The monoisotopic (exact) mass is 314 g/mol. The van der Waals surface area contributed by atoms with E-state index in [-0.39, 0.29) is 0 Å². The summed E-state index contributed by atoms with van der Waals surface area (Å²) in [7, 11) is 0. The van der Waals surface area contributed by atoms with Crippen molar-refractivity contribution in [2.45, 2.75) is 13.0 Å². The van der Waals surface area contributed by atoms with Crippen molar-refractivity contribution in [1.82, 2.24) is 9.78 Å². The molecule has 1 heterocycles. The summed E-state index contributed by atoms with van der Waals surface area (Å²) in [5, 5.41) is 5.19. The Bertz CT molecular complexity index is 199. The first-order valence-corrected chi connectivity index (χ1v) is 5.27. The van der Waals surface area contributed by atoms with Gasteiger partial charge in [-0.15, -0.1) is 0 Å². The molecular formula is C6H8BrIN2. The molecule has 0 saturated carbocycles. The van der Waals surface area contributed by atoms with E-state index in [9.17, 15) is 0 Å². The zero-order chi connectivity index (χ0) is 7.40. The van der Waals surface area contributed by atoms with Crippen molar-refractivity contribution in [1.29, 1.82) is 0 Å². The van der Waals surface area contributed by atoms with Gasteiger partial charge >= 0.3 is 0 Å². The lowest BCUT2D eigenvalue weighted by Gasteiger charge is -1.95. The second-order valence-electron chi connectivity index (χ2n) is 1.96. The number of halogens is 2. The van der Waals surface area contributed by atoms with Gasteiger partial charge in [0.25, 0.3) is 0 Å². The lowest BCUT2D eigenvalue weighted by Crippen LogP contribution is -1.97. The lowest BCUT2D eigenvalue weighted by atomic mass is 10.5. The highest BCUT2D eigenvalue weighted by Gasteiger charge is 1.92. The molecule has 0 aliphatic rings. The second-order valence-corrected chi connectivity index (χ2v) is 4.00. The van der Waals surface area contributed by atoms with E-state index in [1.165, 1.54) is 3.57 Å². The molecule has 1 aromatic heterocycles. The first-order chi connectivity index (χ1) is 4.83. The maximum Gasteiger partial charge on any atom is 0.0623 e. The van der Waals surface area contributed by atoms with E-state index in [0.717, 1.165) is 18.3 Å². The van der Waals surface area contributed by atoms with Crippen molar-refractivity contribution in [3.8, 4) is 0 Å². The van der Waals surface area contributed by atoms with Crippen LogP contribution in [0.5, 0.6) is 0 Å². The van der Waals surface area contributed by atoms with Gasteiger partial charge in [0.2, 0.25) is 0 Å². The SMILES string of the molecule is BrCCCn1cc(I)cn1. The van der Waals surface area contributed by atoms with Crippen LogP contribution >= 0.6 is 38.5 Å². The Labute approximate surface area is 82.3 Å². The smallest absolute Gasteiger partial charge is 0.0623 e. The van der Waals surface area contributed by atoms with E-state index in [1.54, 1.807) is 0 Å². The Morgan fingerprint density at radius 2 is 2.50 bits per heavy atom. The fourth-order valence-corrected chi connectivity index (χ4v) is 1.38. The van der Waals surface area contributed by atoms with Crippen molar-refractivity contribution < 1.29 is 0 Å². The van der Waals surface area contributed by atoms with Crippen LogP contribution in [0.4, 0.5) is 0 Å². The zero-order valence-electron chi connectivity index (χ0n) is 5.43. The van der Waals surface area contributed by atoms with Gasteiger partial charge in [0, 0.05) is 18.1 Å². The molecule has 1 aromatic rings. The van der Waals surface area contributed by atoms with Crippen molar-refractivity contribution in [3.63, 3.8) is 0 Å². The number of alkyl halides is 1. The molecule has 0 N–H and O–H groups in total. The number of hydrogen-bond acceptors (Lipinski definition) is 1. The van der Waals surface area contributed by atoms with Gasteiger partial charge in [0.1, 0.15) is 0 Å². The van der Waals surface area contributed by atoms with E-state index in [2.05, 4.69) is 43.6 Å². The van der Waals surface area contributed by atoms with Gasteiger partial charge in [-0.3, -0.25) is 4.68 Å². The summed E-state index contributed by atoms with van der Waals surface area (Å²) in [4.78, 5) is 0. The van der Waals surface area contributed by atoms with Crippen LogP contribution in [0.3, 0.4) is 0 Å². The minimum atomic E-state index is 1.01. The molecule has 1 rings (SSSR count). The summed E-state index contributed by atoms with van der Waals surface area (Å²) >= 11 is 5.63. The molecule has 0 radical (unpaired) electrons. The first kappa shape index (κ1) is 8.52. The molecule has 2 nitrogen and oxygen atoms in total. The van der Waals surface area contributed by atoms with E-state index >= 15 is 0 Å². The van der Waals surface area contributed by atoms with Gasteiger partial charge in [-0.2, -0.15) is 5.10 Å². The molecule has 4 heteroatoms. The molecule has 0 fully saturated rings. The van der Waals surface area contributed by atoms with Crippen LogP contribution in [0.2, 0.25) is 0 Å². The predicted octanol–water partition coefficient (Wildman–Crippen LogP) is 2.27. The number of nitrogens with zero attached hydrogens (tertiary/aromatic N) is 2. The topological polar surface area (TPSA) is 17.8 Å². The Balaban J connectivity index is 2.42. The summed E-state index contributed by atoms with van der Waals surface area (Å²) < 4.78 is 3.16. The lowest BCUT2D eigenvalue weighted by molar-refractivity contribution is 0.607. The van der Waals surface area contributed by atoms with Crippen LogP contribution in [0, 0.1) is 3.57 Å². The second kappa shape index (κ2) is 4.33. The Morgan fingerprint density at radius 3 is 3.00 bits per heavy atom. The van der Waals surface area contributed by atoms with Crippen LogP contribution in [0.25, 0.3) is 0 Å². The van der Waals surface area contributed by atoms with Crippen LogP contribution in [-0.2, 0) is 6.54 Å². The molecule has 10 heavy (non-hydrogen) atoms. The quantitative estimate of drug-likeness (QED) is 0.618. The van der Waals surface area contributed by atoms with Crippen LogP contribution < -0.4 is 0 Å². The number of aromatic nitrogens is 2. The third-order valence-electron chi connectivity index (χ3n) is 1.12. The number of rotatable bonds is 3. The average molecular weight is 315 g/mol. The Kier molecular flexibility index (Phi) is 3.69. The third-order valence-corrected chi connectivity index (χ3v) is 2.24. The molecule has 0 aromatic carbocycles. The molecule has 0 aliphatic heterocycles. The van der Waals surface area contributed by atoms with Gasteiger partial charge in [-0.1, -0.05) is 15.9 Å². The molecule has 0 bridgehead atoms. The average Bonchev–Trinajstić information content (AvgIpc) is 2.31. The van der Waals surface area contributed by atoms with E-state index in [4.69, 9.17) is 0 Å². The molecule has 0 spiro atoms. The molecule has 0 atom stereocenters. The molecule has 0 amide bonds. The highest BCUT2D eigenvalue weighted by molar-refractivity contribution is 14.1. The first-order valence-electron chi connectivity index (χ1n) is 3.07. The van der Waals surface area contributed by atoms with E-state index in [0.29, 0.717) is 0 Å². The summed E-state index contributed by atoms with van der Waals surface area (Å²) in [6.07, 6.45) is 5.05. The normalized spacial score (nSPS) is 10.2. The molecule has 56 valence electrons. The molecule has 0 aliphatic carbocycles. The van der Waals surface area contributed by atoms with Crippen LogP contribution in [0.1, 0.15) is 6.42 Å². The van der Waals surface area contributed by atoms with Crippen LogP contribution in [0.15, 0.2) is 12.4 Å². The number of aryl methyl sites for hydroxylation is 1. The van der Waals surface area contributed by atoms with Crippen molar-refractivity contribution in [2.75, 3.05) is 5.33 Å². The van der Waals surface area contributed by atoms with Gasteiger partial charge in [0.05, 0.1) is 9.77 Å². The summed E-state index contributed by atoms with van der Waals surface area (Å²) in [6.45, 7) is 1.01. The summed E-state index contributed by atoms with van der Waals surface area (Å²) in [5.41, 5.74) is 0. The van der Waals surface area contributed by atoms with Crippen LogP contribution in [-0.4, -0.2) is 15.1 Å². The maximum atomic E-state index is 4.14. The Hall–Kier alpha value is 0.420. The van der Waals surface area contributed by atoms with Gasteiger partial charge in [-0.05, 0) is 29.0 Å². The van der Waals surface area contributed by atoms with Crippen molar-refractivity contribution in [2.24, 2.45) is 0 Å². The molecule has 0 saturated heterocycles. The van der Waals surface area contributed by atoms with Gasteiger partial charge in [0.15, 0.2) is 0 Å². The fourth-order valence-electron chi connectivity index (χ4n) is 0.682. The Morgan fingerprint density at radius 1 is 1.70 bits per heavy atom. The largest absolute Gasteiger partial charge is 0.272 e. The van der Waals surface area contributed by atoms with Crippen molar-refractivity contribution in [3.05, 3.63) is 16.0 Å². The maximum absolute atomic E-state index is 4.14.